The van der Waals surface area contributed by atoms with Gasteiger partial charge in [0, 0.05) is 6.42 Å². The molecule has 0 fully saturated rings. The maximum absolute atomic E-state index is 12.8. The Morgan fingerprint density at radius 1 is 1.16 bits per heavy atom. The molecule has 0 amide bonds. The molecule has 0 aliphatic carbocycles. The zero-order valence-electron chi connectivity index (χ0n) is 19.9. The number of quaternary nitrogens is 1. The minimum absolute atomic E-state index is 0. The Morgan fingerprint density at radius 3 is 2.38 bits per heavy atom. The smallest absolute Gasteiger partial charge is 0.748 e. The third kappa shape index (κ3) is 12.9. The van der Waals surface area contributed by atoms with Gasteiger partial charge in [-0.05, 0) is 32.1 Å². The van der Waals surface area contributed by atoms with Crippen LogP contribution >= 0.6 is 0 Å². The number of Topliss-reactive ketones (excluding diaryl/α,β-unsaturated/α-hetero) is 1. The van der Waals surface area contributed by atoms with E-state index in [1.807, 2.05) is 0 Å². The zero-order valence-corrected chi connectivity index (χ0v) is 22.7. The first-order valence-electron chi connectivity index (χ1n) is 11.6. The van der Waals surface area contributed by atoms with Gasteiger partial charge < -0.3 is 14.8 Å². The molecule has 0 bridgehead atoms. The topological polar surface area (TPSA) is 127 Å². The van der Waals surface area contributed by atoms with E-state index in [0.717, 1.165) is 25.7 Å². The van der Waals surface area contributed by atoms with Crippen LogP contribution in [0.1, 0.15) is 71.1 Å². The number of hydrogen-bond acceptors (Lipinski definition) is 7. The number of allylic oxidation sites excluding steroid dienone is 2. The number of ketones is 1. The second-order valence-electron chi connectivity index (χ2n) is 8.43. The van der Waals surface area contributed by atoms with Gasteiger partial charge in [0.1, 0.15) is 25.7 Å². The second-order valence-corrected chi connectivity index (χ2v) is 9.87. The molecule has 0 aromatic carbocycles. The van der Waals surface area contributed by atoms with Crippen LogP contribution in [0.15, 0.2) is 17.1 Å². The Hall–Kier alpha value is -0.130. The quantitative estimate of drug-likeness (QED) is 0.0861. The number of amidine groups is 1. The number of aliphatic hydroxyl groups is 2. The first-order valence-corrected chi connectivity index (χ1v) is 13.1. The maximum Gasteiger partial charge on any atom is 1.00 e. The van der Waals surface area contributed by atoms with E-state index < -0.39 is 22.0 Å². The number of aliphatic hydroxyl groups excluding tert-OH is 2. The molecule has 1 aliphatic heterocycles. The number of carbonyl (C=O) groups excluding carboxylic acids is 1. The van der Waals surface area contributed by atoms with E-state index in [2.05, 4.69) is 24.1 Å². The molecule has 10 heteroatoms. The SMILES string of the molecule is CCCCCCC/C=C/CCCCC(=O)C1=NCC[N+]1(CCO)CC(O)CS(=O)(=O)[O-].[Na+]. The molecule has 32 heavy (non-hydrogen) atoms. The third-order valence-corrected chi connectivity index (χ3v) is 6.43. The molecule has 0 saturated carbocycles. The summed E-state index contributed by atoms with van der Waals surface area (Å²) in [5.74, 6) is -0.771. The summed E-state index contributed by atoms with van der Waals surface area (Å²) in [6, 6.07) is 0. The van der Waals surface area contributed by atoms with Crippen molar-refractivity contribution in [1.29, 1.82) is 0 Å². The summed E-state index contributed by atoms with van der Waals surface area (Å²) in [5.41, 5.74) is 0. The Kier molecular flexibility index (Phi) is 17.3. The van der Waals surface area contributed by atoms with Gasteiger partial charge in [0.2, 0.25) is 5.78 Å². The maximum atomic E-state index is 12.8. The first-order chi connectivity index (χ1) is 14.7. The Balaban J connectivity index is 0.00000961. The van der Waals surface area contributed by atoms with Crippen molar-refractivity contribution < 1.29 is 62.0 Å². The van der Waals surface area contributed by atoms with Crippen molar-refractivity contribution in [2.75, 3.05) is 38.5 Å². The summed E-state index contributed by atoms with van der Waals surface area (Å²) in [6.45, 7) is 2.79. The largest absolute Gasteiger partial charge is 1.00 e. The van der Waals surface area contributed by atoms with Crippen LogP contribution in [0, 0.1) is 0 Å². The molecule has 0 spiro atoms. The normalized spacial score (nSPS) is 19.7. The molecule has 0 aromatic rings. The van der Waals surface area contributed by atoms with Gasteiger partial charge in [-0.2, -0.15) is 0 Å². The van der Waals surface area contributed by atoms with Crippen LogP contribution in [-0.4, -0.2) is 83.9 Å². The molecule has 2 unspecified atom stereocenters. The van der Waals surface area contributed by atoms with Crippen LogP contribution in [0.5, 0.6) is 0 Å². The van der Waals surface area contributed by atoms with Crippen molar-refractivity contribution in [2.24, 2.45) is 4.99 Å². The predicted octanol–water partition coefficient (Wildman–Crippen LogP) is -0.836. The fourth-order valence-corrected chi connectivity index (χ4v) is 4.66. The molecule has 2 N–H and O–H groups in total. The molecular weight excluding hydrogens is 443 g/mol. The molecule has 0 radical (unpaired) electrons. The van der Waals surface area contributed by atoms with Crippen LogP contribution in [0.25, 0.3) is 0 Å². The molecule has 1 heterocycles. The summed E-state index contributed by atoms with van der Waals surface area (Å²) in [4.78, 5) is 17.1. The van der Waals surface area contributed by atoms with E-state index in [1.54, 1.807) is 0 Å². The van der Waals surface area contributed by atoms with Crippen LogP contribution in [0.2, 0.25) is 0 Å². The second kappa shape index (κ2) is 17.3. The van der Waals surface area contributed by atoms with Crippen LogP contribution in [-0.2, 0) is 14.9 Å². The van der Waals surface area contributed by atoms with Gasteiger partial charge in [-0.1, -0.05) is 44.8 Å². The molecular formula is C22H40N2NaO6S+. The minimum atomic E-state index is -4.58. The molecule has 0 saturated heterocycles. The standard InChI is InChI=1S/C22H40N2O6S.Na/c1-2-3-4-5-6-7-8-9-10-11-12-13-21(27)22-23-14-15-24(22,16-17-25)18-20(26)19-31(28,29)30;/h8-9,20,25-26H,2-7,10-19H2,1H3;/q;+1/b9-8+;. The zero-order chi connectivity index (χ0) is 23.2. The van der Waals surface area contributed by atoms with Gasteiger partial charge in [-0.3, -0.25) is 9.28 Å². The molecule has 8 nitrogen and oxygen atoms in total. The van der Waals surface area contributed by atoms with E-state index in [0.29, 0.717) is 19.5 Å². The number of rotatable bonds is 18. The number of aliphatic imine (C=N–C) groups is 1. The molecule has 180 valence electrons. The van der Waals surface area contributed by atoms with Gasteiger partial charge in [0.05, 0.1) is 29.0 Å². The van der Waals surface area contributed by atoms with Gasteiger partial charge in [-0.15, -0.1) is 0 Å². The summed E-state index contributed by atoms with van der Waals surface area (Å²) in [6.07, 6.45) is 13.3. The fraction of sp³-hybridized carbons (Fsp3) is 0.818. The number of unbranched alkanes of at least 4 members (excludes halogenated alkanes) is 7. The number of hydrogen-bond donors (Lipinski definition) is 2. The predicted molar refractivity (Wildman–Crippen MR) is 121 cm³/mol. The van der Waals surface area contributed by atoms with E-state index in [4.69, 9.17) is 0 Å². The Bertz CT molecular complexity index is 699. The van der Waals surface area contributed by atoms with Gasteiger partial charge in [-0.25, -0.2) is 13.4 Å². The molecule has 1 rings (SSSR count). The third-order valence-electron chi connectivity index (χ3n) is 5.64. The minimum Gasteiger partial charge on any atom is -0.748 e. The van der Waals surface area contributed by atoms with Crippen molar-refractivity contribution in [1.82, 2.24) is 0 Å². The van der Waals surface area contributed by atoms with Gasteiger partial charge >= 0.3 is 29.6 Å². The van der Waals surface area contributed by atoms with Gasteiger partial charge in [0.15, 0.2) is 0 Å². The van der Waals surface area contributed by atoms with Crippen molar-refractivity contribution in [3.63, 3.8) is 0 Å². The Labute approximate surface area is 215 Å². The van der Waals surface area contributed by atoms with Crippen molar-refractivity contribution in [2.45, 2.75) is 77.2 Å². The number of nitrogens with zero attached hydrogens (tertiary/aromatic N) is 2. The monoisotopic (exact) mass is 483 g/mol. The molecule has 2 atom stereocenters. The van der Waals surface area contributed by atoms with Crippen molar-refractivity contribution in [3.8, 4) is 0 Å². The summed E-state index contributed by atoms with van der Waals surface area (Å²) >= 11 is 0. The van der Waals surface area contributed by atoms with Crippen LogP contribution < -0.4 is 29.6 Å². The average Bonchev–Trinajstić information content (AvgIpc) is 3.07. The van der Waals surface area contributed by atoms with Gasteiger partial charge in [0.25, 0.3) is 5.84 Å². The first kappa shape index (κ1) is 31.9. The number of carbonyl (C=O) groups is 1. The molecule has 0 aromatic heterocycles. The molecule has 1 aliphatic rings. The Morgan fingerprint density at radius 2 is 1.78 bits per heavy atom. The van der Waals surface area contributed by atoms with E-state index in [9.17, 15) is 28.0 Å². The van der Waals surface area contributed by atoms with Crippen LogP contribution in [0.3, 0.4) is 0 Å². The van der Waals surface area contributed by atoms with E-state index in [-0.39, 0.29) is 65.4 Å². The van der Waals surface area contributed by atoms with Crippen molar-refractivity contribution >= 4 is 21.7 Å². The van der Waals surface area contributed by atoms with E-state index >= 15 is 0 Å². The van der Waals surface area contributed by atoms with E-state index in [1.165, 1.54) is 32.1 Å². The summed E-state index contributed by atoms with van der Waals surface area (Å²) in [7, 11) is -4.58. The average molecular weight is 484 g/mol. The van der Waals surface area contributed by atoms with Crippen molar-refractivity contribution in [3.05, 3.63) is 12.2 Å². The fourth-order valence-electron chi connectivity index (χ4n) is 4.09. The van der Waals surface area contributed by atoms with Crippen LogP contribution in [0.4, 0.5) is 0 Å². The summed E-state index contributed by atoms with van der Waals surface area (Å²) in [5, 5.41) is 19.5. The summed E-state index contributed by atoms with van der Waals surface area (Å²) < 4.78 is 32.8.